The molecule has 1 aliphatic carbocycles. The number of ketones is 1. The van der Waals surface area contributed by atoms with Gasteiger partial charge in [-0.15, -0.1) is 0 Å². The normalized spacial score (nSPS) is 18.6. The summed E-state index contributed by atoms with van der Waals surface area (Å²) in [6.45, 7) is 7.08. The highest BCUT2D eigenvalue weighted by molar-refractivity contribution is 7.92. The number of pyridine rings is 1. The third-order valence-corrected chi connectivity index (χ3v) is 16.4. The van der Waals surface area contributed by atoms with Crippen molar-refractivity contribution in [1.29, 1.82) is 0 Å². The second-order valence-electron chi connectivity index (χ2n) is 18.9. The fraction of sp³-hybridized carbons (Fsp3) is 0.417. The maximum atomic E-state index is 14.1. The fourth-order valence-corrected chi connectivity index (χ4v) is 11.5. The van der Waals surface area contributed by atoms with E-state index in [1.165, 1.54) is 23.9 Å². The Kier molecular flexibility index (Phi) is 14.6. The summed E-state index contributed by atoms with van der Waals surface area (Å²) in [7, 11) is -10.2. The van der Waals surface area contributed by atoms with Crippen molar-refractivity contribution < 1.29 is 62.4 Å². The second-order valence-corrected chi connectivity index (χ2v) is 22.8. The zero-order valence-electron chi connectivity index (χ0n) is 39.3. The van der Waals surface area contributed by atoms with Crippen molar-refractivity contribution in [3.05, 3.63) is 117 Å². The van der Waals surface area contributed by atoms with Crippen LogP contribution in [0.15, 0.2) is 89.6 Å². The monoisotopic (exact) mass is 1050 g/mol. The van der Waals surface area contributed by atoms with E-state index in [4.69, 9.17) is 9.47 Å². The summed E-state index contributed by atoms with van der Waals surface area (Å²) in [4.78, 5) is 36.5. The number of nitro groups is 1. The lowest BCUT2D eigenvalue weighted by atomic mass is 9.72. The Hall–Kier alpha value is -6.08. The summed E-state index contributed by atoms with van der Waals surface area (Å²) >= 11 is 0. The molecule has 2 N–H and O–H groups in total. The number of carbonyl (C=O) groups is 1. The predicted molar refractivity (Wildman–Crippen MR) is 256 cm³/mol. The molecule has 24 heteroatoms. The summed E-state index contributed by atoms with van der Waals surface area (Å²) in [6.07, 6.45) is 0.00897. The lowest BCUT2D eigenvalue weighted by molar-refractivity contribution is -0.384. The van der Waals surface area contributed by atoms with Gasteiger partial charge >= 0.3 is 21.7 Å². The van der Waals surface area contributed by atoms with E-state index in [0.717, 1.165) is 54.7 Å². The molecule has 1 atom stereocenters. The van der Waals surface area contributed by atoms with Crippen LogP contribution in [0.2, 0.25) is 0 Å². The van der Waals surface area contributed by atoms with Gasteiger partial charge in [-0.2, -0.15) is 30.6 Å². The highest BCUT2D eigenvalue weighted by Crippen LogP contribution is 2.45. The average molecular weight is 1050 g/mol. The van der Waals surface area contributed by atoms with Crippen LogP contribution in [0.1, 0.15) is 60.2 Å². The highest BCUT2D eigenvalue weighted by Gasteiger charge is 2.51. The van der Waals surface area contributed by atoms with Gasteiger partial charge in [-0.05, 0) is 96.8 Å². The fourth-order valence-electron chi connectivity index (χ4n) is 9.27. The Labute approximate surface area is 411 Å². The van der Waals surface area contributed by atoms with Crippen LogP contribution in [0.5, 0.6) is 11.5 Å². The van der Waals surface area contributed by atoms with Gasteiger partial charge in [0.1, 0.15) is 28.6 Å². The Morgan fingerprint density at radius 3 is 2.42 bits per heavy atom. The molecule has 386 valence electrons. The number of rotatable bonds is 15. The largest absolute Gasteiger partial charge is 0.511 e. The van der Waals surface area contributed by atoms with Gasteiger partial charge in [0, 0.05) is 81.8 Å². The summed E-state index contributed by atoms with van der Waals surface area (Å²) < 4.78 is 144. The minimum atomic E-state index is -5.66. The van der Waals surface area contributed by atoms with Crippen LogP contribution in [-0.2, 0) is 30.8 Å². The van der Waals surface area contributed by atoms with Crippen LogP contribution in [0.4, 0.5) is 43.4 Å². The van der Waals surface area contributed by atoms with Crippen LogP contribution >= 0.6 is 0 Å². The van der Waals surface area contributed by atoms with Crippen molar-refractivity contribution in [2.24, 2.45) is 5.41 Å². The number of nitrogens with zero attached hydrogens (tertiary/aromatic N) is 5. The molecule has 0 spiro atoms. The smallest absolute Gasteiger partial charge is 0.455 e. The standard InChI is InChI=1S/C48H51F6N7O9S2/c1-30-20-33(47(49,50)51)4-7-38(30)40-24-46(2,3)12-10-32(40)27-58-14-16-59(17-15-58)34-5-8-39(44(22-34)70-35-21-31-11-13-55-45(31)57-25-35)43(62)29-71(65,66)37-6-9-41(42(23-37)61(63)64)56-26-36-28-60(18-19-69-36)72(67,68)48(52,53)54/h4-9,11,13,20-23,25,36,56H,10,12,14-19,24,26-29H2,1-3H3,(H,55,57). The lowest BCUT2D eigenvalue weighted by Gasteiger charge is -2.39. The first-order valence-corrected chi connectivity index (χ1v) is 25.9. The Morgan fingerprint density at radius 2 is 1.72 bits per heavy atom. The first-order chi connectivity index (χ1) is 33.8. The van der Waals surface area contributed by atoms with Crippen LogP contribution in [-0.4, -0.2) is 123 Å². The molecule has 0 saturated carbocycles. The maximum absolute atomic E-state index is 14.1. The molecule has 0 radical (unpaired) electrons. The van der Waals surface area contributed by atoms with Crippen molar-refractivity contribution in [2.45, 2.75) is 62.7 Å². The van der Waals surface area contributed by atoms with Crippen molar-refractivity contribution in [3.63, 3.8) is 0 Å². The van der Waals surface area contributed by atoms with Gasteiger partial charge < -0.3 is 24.7 Å². The molecule has 16 nitrogen and oxygen atoms in total. The van der Waals surface area contributed by atoms with Crippen molar-refractivity contribution in [2.75, 3.05) is 74.9 Å². The third-order valence-electron chi connectivity index (χ3n) is 13.2. The number of morpholine rings is 1. The zero-order chi connectivity index (χ0) is 52.0. The zero-order valence-corrected chi connectivity index (χ0v) is 40.9. The molecule has 0 bridgehead atoms. The molecule has 2 fully saturated rings. The van der Waals surface area contributed by atoms with Crippen LogP contribution in [0, 0.1) is 22.5 Å². The van der Waals surface area contributed by atoms with Crippen molar-refractivity contribution >= 4 is 59.3 Å². The summed E-state index contributed by atoms with van der Waals surface area (Å²) in [6, 6.07) is 15.0. The third kappa shape index (κ3) is 11.6. The number of benzene rings is 3. The summed E-state index contributed by atoms with van der Waals surface area (Å²) in [5.41, 5.74) is -2.40. The molecule has 5 aromatic rings. The molecular formula is C48H51F6N7O9S2. The van der Waals surface area contributed by atoms with Crippen molar-refractivity contribution in [3.8, 4) is 11.5 Å². The number of allylic oxidation sites excluding steroid dienone is 1. The number of carbonyl (C=O) groups excluding carboxylic acids is 1. The molecule has 72 heavy (non-hydrogen) atoms. The van der Waals surface area contributed by atoms with Gasteiger partial charge in [-0.1, -0.05) is 25.5 Å². The van der Waals surface area contributed by atoms with E-state index in [1.54, 1.807) is 43.5 Å². The number of ether oxygens (including phenoxy) is 2. The van der Waals surface area contributed by atoms with Gasteiger partial charge in [0.15, 0.2) is 15.6 Å². The minimum Gasteiger partial charge on any atom is -0.455 e. The number of H-pyrrole nitrogens is 1. The molecule has 8 rings (SSSR count). The molecule has 3 aromatic carbocycles. The van der Waals surface area contributed by atoms with E-state index in [0.29, 0.717) is 55.0 Å². The second kappa shape index (κ2) is 20.1. The average Bonchev–Trinajstić information content (AvgIpc) is 3.79. The summed E-state index contributed by atoms with van der Waals surface area (Å²) in [5.74, 6) is -1.75. The van der Waals surface area contributed by atoms with E-state index in [9.17, 15) is 58.1 Å². The Bertz CT molecular complexity index is 3150. The number of anilines is 2. The van der Waals surface area contributed by atoms with Crippen LogP contribution < -0.4 is 15.0 Å². The number of aromatic nitrogens is 2. The van der Waals surface area contributed by atoms with Crippen LogP contribution in [0.25, 0.3) is 16.6 Å². The molecule has 2 aliphatic heterocycles. The number of piperazine rings is 1. The molecule has 1 unspecified atom stereocenters. The van der Waals surface area contributed by atoms with E-state index in [1.807, 2.05) is 0 Å². The SMILES string of the molecule is Cc1cc(C(F)(F)F)ccc1C1=C(CN2CCN(c3ccc(C(=O)CS(=O)(=O)c4ccc(NCC5CN(S(=O)(=O)C(F)(F)F)CCO5)c([N+](=O)[O-])c4)c(Oc4cnc5[nH]ccc5c4)c3)CC2)CCC(C)(C)C1. The van der Waals surface area contributed by atoms with E-state index in [2.05, 4.69) is 38.9 Å². The molecule has 0 amide bonds. The molecule has 3 aliphatic rings. The molecule has 2 aromatic heterocycles. The van der Waals surface area contributed by atoms with Crippen LogP contribution in [0.3, 0.4) is 0 Å². The number of aryl methyl sites for hydroxylation is 1. The molecule has 2 saturated heterocycles. The number of hydrogen-bond acceptors (Lipinski definition) is 13. The van der Waals surface area contributed by atoms with E-state index < -0.39 is 83.3 Å². The first kappa shape index (κ1) is 52.2. The number of sulfonamides is 1. The number of nitrogens with one attached hydrogen (secondary N) is 2. The maximum Gasteiger partial charge on any atom is 0.511 e. The number of hydrogen-bond donors (Lipinski definition) is 2. The number of aromatic amines is 1. The molecule has 4 heterocycles. The Morgan fingerprint density at radius 1 is 0.972 bits per heavy atom. The number of alkyl halides is 6. The number of Topliss-reactive ketones (excluding diaryl/α,β-unsaturated/α-hetero) is 1. The van der Waals surface area contributed by atoms with E-state index >= 15 is 0 Å². The summed E-state index contributed by atoms with van der Waals surface area (Å²) in [5, 5.41) is 15.5. The van der Waals surface area contributed by atoms with Gasteiger partial charge in [0.05, 0.1) is 39.9 Å². The van der Waals surface area contributed by atoms with Crippen molar-refractivity contribution in [1.82, 2.24) is 19.2 Å². The lowest BCUT2D eigenvalue weighted by Crippen LogP contribution is -2.51. The van der Waals surface area contributed by atoms with Gasteiger partial charge in [0.2, 0.25) is 0 Å². The van der Waals surface area contributed by atoms with E-state index in [-0.39, 0.29) is 45.6 Å². The van der Waals surface area contributed by atoms with Gasteiger partial charge in [0.25, 0.3) is 5.69 Å². The number of nitro benzene ring substituents is 1. The quantitative estimate of drug-likeness (QED) is 0.0437. The first-order valence-electron chi connectivity index (χ1n) is 22.9. The highest BCUT2D eigenvalue weighted by atomic mass is 32.2. The topological polar surface area (TPSA) is 197 Å². The Balaban J connectivity index is 0.989. The number of sulfone groups is 1. The molecular weight excluding hydrogens is 997 g/mol. The van der Waals surface area contributed by atoms with Gasteiger partial charge in [-0.25, -0.2) is 21.8 Å². The number of halogens is 6. The predicted octanol–water partition coefficient (Wildman–Crippen LogP) is 9.00. The minimum absolute atomic E-state index is 0.0235. The van der Waals surface area contributed by atoms with Gasteiger partial charge in [-0.3, -0.25) is 19.8 Å². The number of fused-ring (bicyclic) bond motifs is 1.